The van der Waals surface area contributed by atoms with Crippen molar-refractivity contribution in [3.8, 4) is 0 Å². The number of rotatable bonds is 2. The molecule has 0 bridgehead atoms. The van der Waals surface area contributed by atoms with Crippen LogP contribution in [-0.4, -0.2) is 23.6 Å². The summed E-state index contributed by atoms with van der Waals surface area (Å²) in [5, 5.41) is 2.21. The van der Waals surface area contributed by atoms with Crippen molar-refractivity contribution in [2.24, 2.45) is 5.73 Å². The summed E-state index contributed by atoms with van der Waals surface area (Å²) in [5.74, 6) is 0. The second-order valence-electron chi connectivity index (χ2n) is 4.03. The SMILES string of the molecule is CC(C)(C)OC(=O)N[C@@](C)(N)C=O. The summed E-state index contributed by atoms with van der Waals surface area (Å²) in [7, 11) is 0. The van der Waals surface area contributed by atoms with Crippen molar-refractivity contribution < 1.29 is 14.3 Å². The molecule has 0 aromatic heterocycles. The van der Waals surface area contributed by atoms with Crippen LogP contribution in [0, 0.1) is 0 Å². The van der Waals surface area contributed by atoms with Gasteiger partial charge in [-0.2, -0.15) is 0 Å². The van der Waals surface area contributed by atoms with Crippen molar-refractivity contribution in [3.63, 3.8) is 0 Å². The van der Waals surface area contributed by atoms with Crippen molar-refractivity contribution in [2.45, 2.75) is 39.0 Å². The molecule has 5 nitrogen and oxygen atoms in total. The van der Waals surface area contributed by atoms with Crippen LogP contribution in [0.4, 0.5) is 4.79 Å². The van der Waals surface area contributed by atoms with E-state index in [1.807, 2.05) is 0 Å². The Morgan fingerprint density at radius 3 is 2.15 bits per heavy atom. The lowest BCUT2D eigenvalue weighted by Crippen LogP contribution is -2.55. The van der Waals surface area contributed by atoms with Crippen LogP contribution < -0.4 is 11.1 Å². The van der Waals surface area contributed by atoms with Crippen LogP contribution in [0.2, 0.25) is 0 Å². The topological polar surface area (TPSA) is 81.4 Å². The fourth-order valence-electron chi connectivity index (χ4n) is 0.553. The predicted molar refractivity (Wildman–Crippen MR) is 48.0 cm³/mol. The number of nitrogens with one attached hydrogen (secondary N) is 1. The number of amides is 1. The summed E-state index contributed by atoms with van der Waals surface area (Å²) in [4.78, 5) is 21.4. The molecule has 76 valence electrons. The standard InChI is InChI=1S/C8H16N2O3/c1-7(2,3)13-6(12)10-8(4,9)5-11/h5H,9H2,1-4H3,(H,10,12)/t8-/m1/s1. The average molecular weight is 188 g/mol. The highest BCUT2D eigenvalue weighted by molar-refractivity contribution is 5.75. The van der Waals surface area contributed by atoms with E-state index in [0.29, 0.717) is 6.29 Å². The maximum atomic E-state index is 11.1. The molecular weight excluding hydrogens is 172 g/mol. The van der Waals surface area contributed by atoms with E-state index in [-0.39, 0.29) is 0 Å². The Balaban J connectivity index is 4.10. The van der Waals surface area contributed by atoms with Crippen molar-refractivity contribution in [1.29, 1.82) is 0 Å². The first-order chi connectivity index (χ1) is 5.66. The van der Waals surface area contributed by atoms with Gasteiger partial charge in [-0.3, -0.25) is 10.1 Å². The first-order valence-corrected chi connectivity index (χ1v) is 3.93. The van der Waals surface area contributed by atoms with E-state index in [9.17, 15) is 9.59 Å². The summed E-state index contributed by atoms with van der Waals surface area (Å²) in [5.41, 5.74) is 3.39. The van der Waals surface area contributed by atoms with Gasteiger partial charge in [-0.1, -0.05) is 0 Å². The smallest absolute Gasteiger partial charge is 0.409 e. The predicted octanol–water partition coefficient (Wildman–Crippen LogP) is 0.385. The Labute approximate surface area is 77.6 Å². The molecule has 0 unspecified atom stereocenters. The van der Waals surface area contributed by atoms with Gasteiger partial charge in [-0.05, 0) is 27.7 Å². The highest BCUT2D eigenvalue weighted by Crippen LogP contribution is 2.07. The van der Waals surface area contributed by atoms with Crippen molar-refractivity contribution in [1.82, 2.24) is 5.32 Å². The molecule has 0 aromatic carbocycles. The maximum Gasteiger partial charge on any atom is 0.409 e. The third kappa shape index (κ3) is 6.10. The third-order valence-corrected chi connectivity index (χ3v) is 1.02. The minimum atomic E-state index is -1.37. The van der Waals surface area contributed by atoms with Crippen LogP contribution in [0.3, 0.4) is 0 Å². The van der Waals surface area contributed by atoms with Crippen LogP contribution in [0.1, 0.15) is 27.7 Å². The summed E-state index contributed by atoms with van der Waals surface area (Å²) in [6, 6.07) is 0. The number of carbonyl (C=O) groups is 2. The quantitative estimate of drug-likeness (QED) is 0.485. The van der Waals surface area contributed by atoms with E-state index in [4.69, 9.17) is 10.5 Å². The molecule has 3 N–H and O–H groups in total. The normalized spacial score (nSPS) is 15.8. The Hall–Kier alpha value is -1.10. The van der Waals surface area contributed by atoms with Gasteiger partial charge in [0.25, 0.3) is 0 Å². The second-order valence-corrected chi connectivity index (χ2v) is 4.03. The molecule has 0 aliphatic carbocycles. The van der Waals surface area contributed by atoms with E-state index in [0.717, 1.165) is 0 Å². The summed E-state index contributed by atoms with van der Waals surface area (Å²) >= 11 is 0. The van der Waals surface area contributed by atoms with Crippen LogP contribution in [0.15, 0.2) is 0 Å². The zero-order valence-corrected chi connectivity index (χ0v) is 8.38. The molecule has 0 aliphatic rings. The zero-order chi connectivity index (χ0) is 10.7. The number of nitrogens with two attached hydrogens (primary N) is 1. The molecule has 5 heteroatoms. The van der Waals surface area contributed by atoms with Crippen molar-refractivity contribution >= 4 is 12.4 Å². The number of ether oxygens (including phenoxy) is 1. The summed E-state index contributed by atoms with van der Waals surface area (Å²) < 4.78 is 4.89. The van der Waals surface area contributed by atoms with Crippen LogP contribution in [0.5, 0.6) is 0 Å². The van der Waals surface area contributed by atoms with Gasteiger partial charge in [0.05, 0.1) is 0 Å². The van der Waals surface area contributed by atoms with E-state index in [1.165, 1.54) is 6.92 Å². The minimum Gasteiger partial charge on any atom is -0.444 e. The number of hydrogen-bond donors (Lipinski definition) is 2. The van der Waals surface area contributed by atoms with Gasteiger partial charge in [0, 0.05) is 0 Å². The van der Waals surface area contributed by atoms with Gasteiger partial charge >= 0.3 is 6.09 Å². The van der Waals surface area contributed by atoms with Gasteiger partial charge in [-0.25, -0.2) is 4.79 Å². The second kappa shape index (κ2) is 3.74. The monoisotopic (exact) mass is 188 g/mol. The van der Waals surface area contributed by atoms with E-state index >= 15 is 0 Å². The molecule has 0 spiro atoms. The maximum absolute atomic E-state index is 11.1. The number of alkyl carbamates (subject to hydrolysis) is 1. The van der Waals surface area contributed by atoms with Gasteiger partial charge < -0.3 is 10.5 Å². The fourth-order valence-corrected chi connectivity index (χ4v) is 0.553. The molecule has 0 saturated heterocycles. The number of carbonyl (C=O) groups excluding carboxylic acids is 2. The fraction of sp³-hybridized carbons (Fsp3) is 0.750. The first-order valence-electron chi connectivity index (χ1n) is 3.93. The van der Waals surface area contributed by atoms with Gasteiger partial charge in [0.2, 0.25) is 0 Å². The van der Waals surface area contributed by atoms with E-state index < -0.39 is 17.4 Å². The highest BCUT2D eigenvalue weighted by Gasteiger charge is 2.23. The number of aldehydes is 1. The highest BCUT2D eigenvalue weighted by atomic mass is 16.6. The zero-order valence-electron chi connectivity index (χ0n) is 8.38. The molecule has 0 aliphatic heterocycles. The van der Waals surface area contributed by atoms with Gasteiger partial charge in [0.15, 0.2) is 6.29 Å². The van der Waals surface area contributed by atoms with E-state index in [1.54, 1.807) is 20.8 Å². The molecule has 13 heavy (non-hydrogen) atoms. The summed E-state index contributed by atoms with van der Waals surface area (Å²) in [6.07, 6.45) is -0.263. The van der Waals surface area contributed by atoms with Crippen molar-refractivity contribution in [3.05, 3.63) is 0 Å². The molecular formula is C8H16N2O3. The molecule has 0 heterocycles. The van der Waals surface area contributed by atoms with Gasteiger partial charge in [0.1, 0.15) is 11.3 Å². The Kier molecular flexibility index (Phi) is 3.42. The van der Waals surface area contributed by atoms with E-state index in [2.05, 4.69) is 5.32 Å². The van der Waals surface area contributed by atoms with Crippen LogP contribution in [-0.2, 0) is 9.53 Å². The van der Waals surface area contributed by atoms with Crippen LogP contribution in [0.25, 0.3) is 0 Å². The first kappa shape index (κ1) is 11.9. The van der Waals surface area contributed by atoms with Crippen LogP contribution >= 0.6 is 0 Å². The molecule has 0 rings (SSSR count). The molecule has 0 saturated carbocycles. The Morgan fingerprint density at radius 1 is 1.38 bits per heavy atom. The Bertz CT molecular complexity index is 206. The average Bonchev–Trinajstić information content (AvgIpc) is 1.81. The molecule has 0 fully saturated rings. The largest absolute Gasteiger partial charge is 0.444 e. The third-order valence-electron chi connectivity index (χ3n) is 1.02. The molecule has 1 atom stereocenters. The molecule has 1 amide bonds. The lowest BCUT2D eigenvalue weighted by atomic mass is 10.2. The summed E-state index contributed by atoms with van der Waals surface area (Å²) in [6.45, 7) is 6.55. The number of hydrogen-bond acceptors (Lipinski definition) is 4. The lowest BCUT2D eigenvalue weighted by molar-refractivity contribution is -0.112. The molecule has 0 aromatic rings. The Morgan fingerprint density at radius 2 is 1.85 bits per heavy atom. The van der Waals surface area contributed by atoms with Crippen molar-refractivity contribution in [2.75, 3.05) is 0 Å². The lowest BCUT2D eigenvalue weighted by Gasteiger charge is -2.24. The minimum absolute atomic E-state index is 0.441. The molecule has 0 radical (unpaired) electrons. The van der Waals surface area contributed by atoms with Gasteiger partial charge in [-0.15, -0.1) is 0 Å².